The first-order valence-electron chi connectivity index (χ1n) is 5.37. The van der Waals surface area contributed by atoms with Crippen molar-refractivity contribution in [3.8, 4) is 0 Å². The Kier molecular flexibility index (Phi) is 3.66. The van der Waals surface area contributed by atoms with Gasteiger partial charge in [-0.2, -0.15) is 25.3 Å². The molecule has 0 aromatic carbocycles. The molecule has 0 N–H and O–H groups in total. The molecule has 0 aliphatic heterocycles. The predicted molar refractivity (Wildman–Crippen MR) is 82.6 cm³/mol. The van der Waals surface area contributed by atoms with Crippen LogP contribution in [0.5, 0.6) is 0 Å². The number of hydrogen-bond acceptors (Lipinski definition) is 5. The van der Waals surface area contributed by atoms with Crippen LogP contribution in [-0.4, -0.2) is 19.6 Å². The molecule has 2 heterocycles. The average Bonchev–Trinajstić information content (AvgIpc) is 2.81. The van der Waals surface area contributed by atoms with Gasteiger partial charge in [0.25, 0.3) is 5.56 Å². The summed E-state index contributed by atoms with van der Waals surface area (Å²) in [6.45, 7) is 2.10. The van der Waals surface area contributed by atoms with Crippen molar-refractivity contribution in [2.75, 3.05) is 5.75 Å². The van der Waals surface area contributed by atoms with Gasteiger partial charge in [-0.3, -0.25) is 13.9 Å². The number of thiol groups is 2. The summed E-state index contributed by atoms with van der Waals surface area (Å²) in [5.74, 6) is 0.480. The van der Waals surface area contributed by atoms with Crippen LogP contribution in [0.2, 0.25) is 0 Å². The van der Waals surface area contributed by atoms with E-state index in [0.29, 0.717) is 16.0 Å². The third-order valence-corrected chi connectivity index (χ3v) is 4.94. The van der Waals surface area contributed by atoms with Gasteiger partial charge in [-0.15, -0.1) is 11.3 Å². The molecule has 0 saturated carbocycles. The lowest BCUT2D eigenvalue weighted by atomic mass is 10.2. The first kappa shape index (κ1) is 13.8. The largest absolute Gasteiger partial charge is 0.331 e. The summed E-state index contributed by atoms with van der Waals surface area (Å²) in [7, 11) is 1.67. The van der Waals surface area contributed by atoms with Gasteiger partial charge in [-0.05, 0) is 18.4 Å². The van der Waals surface area contributed by atoms with Gasteiger partial charge in [0.1, 0.15) is 4.70 Å². The minimum atomic E-state index is -0.496. The van der Waals surface area contributed by atoms with Crippen molar-refractivity contribution in [2.45, 2.75) is 18.2 Å². The standard InChI is InChI=1S/C11H14N2O2S3/c1-11(17,6-16)5-13-9(14)8-7(3-4-18-8)12(2)10(13)15/h3-4,16-17H,5-6H2,1-2H3. The molecule has 2 aromatic heterocycles. The number of thiophene rings is 1. The number of rotatable bonds is 3. The van der Waals surface area contributed by atoms with Gasteiger partial charge in [0.2, 0.25) is 0 Å². The third-order valence-electron chi connectivity index (χ3n) is 2.80. The molecular weight excluding hydrogens is 288 g/mol. The first-order valence-corrected chi connectivity index (χ1v) is 7.33. The van der Waals surface area contributed by atoms with Crippen LogP contribution in [-0.2, 0) is 13.6 Å². The lowest BCUT2D eigenvalue weighted by Crippen LogP contribution is -2.43. The Balaban J connectivity index is 2.72. The van der Waals surface area contributed by atoms with Crippen molar-refractivity contribution < 1.29 is 0 Å². The molecule has 1 atom stereocenters. The second-order valence-electron chi connectivity index (χ2n) is 4.52. The third kappa shape index (κ3) is 2.26. The van der Waals surface area contributed by atoms with E-state index in [9.17, 15) is 9.59 Å². The number of nitrogens with zero attached hydrogens (tertiary/aromatic N) is 2. The Bertz CT molecular complexity index is 696. The molecule has 0 bridgehead atoms. The van der Waals surface area contributed by atoms with E-state index in [1.54, 1.807) is 13.1 Å². The summed E-state index contributed by atoms with van der Waals surface area (Å²) in [6.07, 6.45) is 0. The molecule has 0 aliphatic rings. The van der Waals surface area contributed by atoms with E-state index in [-0.39, 0.29) is 17.8 Å². The van der Waals surface area contributed by atoms with E-state index in [0.717, 1.165) is 0 Å². The second-order valence-corrected chi connectivity index (χ2v) is 6.83. The van der Waals surface area contributed by atoms with Crippen molar-refractivity contribution in [3.63, 3.8) is 0 Å². The molecule has 7 heteroatoms. The maximum Gasteiger partial charge on any atom is 0.331 e. The minimum absolute atomic E-state index is 0.245. The number of aromatic nitrogens is 2. The van der Waals surface area contributed by atoms with Crippen LogP contribution in [0, 0.1) is 0 Å². The van der Waals surface area contributed by atoms with Gasteiger partial charge in [-0.25, -0.2) is 4.79 Å². The van der Waals surface area contributed by atoms with Crippen LogP contribution < -0.4 is 11.2 Å². The fourth-order valence-corrected chi connectivity index (χ4v) is 2.86. The van der Waals surface area contributed by atoms with Crippen molar-refractivity contribution >= 4 is 46.8 Å². The fourth-order valence-electron chi connectivity index (χ4n) is 1.75. The van der Waals surface area contributed by atoms with Crippen molar-refractivity contribution in [1.82, 2.24) is 9.13 Å². The molecule has 0 amide bonds. The van der Waals surface area contributed by atoms with Crippen LogP contribution in [0.4, 0.5) is 0 Å². The molecule has 0 fully saturated rings. The van der Waals surface area contributed by atoms with Crippen LogP contribution >= 0.6 is 36.6 Å². The van der Waals surface area contributed by atoms with Gasteiger partial charge < -0.3 is 0 Å². The highest BCUT2D eigenvalue weighted by Gasteiger charge is 2.21. The zero-order valence-electron chi connectivity index (χ0n) is 10.1. The maximum atomic E-state index is 12.3. The number of fused-ring (bicyclic) bond motifs is 1. The van der Waals surface area contributed by atoms with Gasteiger partial charge in [0, 0.05) is 24.1 Å². The Morgan fingerprint density at radius 3 is 2.72 bits per heavy atom. The van der Waals surface area contributed by atoms with Crippen LogP contribution in [0.25, 0.3) is 10.2 Å². The second kappa shape index (κ2) is 4.79. The lowest BCUT2D eigenvalue weighted by molar-refractivity contribution is 0.529. The summed E-state index contributed by atoms with van der Waals surface area (Å²) in [4.78, 5) is 24.4. The molecule has 1 unspecified atom stereocenters. The Labute approximate surface area is 119 Å². The summed E-state index contributed by atoms with van der Waals surface area (Å²) >= 11 is 9.96. The van der Waals surface area contributed by atoms with E-state index in [1.807, 2.05) is 12.3 Å². The summed E-state index contributed by atoms with van der Waals surface area (Å²) < 4.78 is 2.84. The summed E-state index contributed by atoms with van der Waals surface area (Å²) in [5, 5.41) is 1.81. The fraction of sp³-hybridized carbons (Fsp3) is 0.455. The van der Waals surface area contributed by atoms with Gasteiger partial charge in [0.05, 0.1) is 5.52 Å². The summed E-state index contributed by atoms with van der Waals surface area (Å²) in [5.41, 5.74) is 0.121. The monoisotopic (exact) mass is 302 g/mol. The molecule has 2 rings (SSSR count). The van der Waals surface area contributed by atoms with Crippen molar-refractivity contribution in [1.29, 1.82) is 0 Å². The number of aryl methyl sites for hydroxylation is 1. The van der Waals surface area contributed by atoms with E-state index in [1.165, 1.54) is 20.5 Å². The molecular formula is C11H14N2O2S3. The van der Waals surface area contributed by atoms with Gasteiger partial charge >= 0.3 is 5.69 Å². The Morgan fingerprint density at radius 1 is 1.44 bits per heavy atom. The molecule has 0 aliphatic carbocycles. The van der Waals surface area contributed by atoms with Gasteiger partial charge in [-0.1, -0.05) is 0 Å². The van der Waals surface area contributed by atoms with Crippen molar-refractivity contribution in [3.05, 3.63) is 32.3 Å². The lowest BCUT2D eigenvalue weighted by Gasteiger charge is -2.21. The molecule has 18 heavy (non-hydrogen) atoms. The smallest absolute Gasteiger partial charge is 0.295 e. The first-order chi connectivity index (χ1) is 8.37. The molecule has 98 valence electrons. The van der Waals surface area contributed by atoms with Crippen LogP contribution in [0.1, 0.15) is 6.92 Å². The normalized spacial score (nSPS) is 14.9. The quantitative estimate of drug-likeness (QED) is 0.841. The average molecular weight is 302 g/mol. The van der Waals surface area contributed by atoms with Crippen LogP contribution in [0.3, 0.4) is 0 Å². The zero-order chi connectivity index (χ0) is 13.5. The molecule has 4 nitrogen and oxygen atoms in total. The van der Waals surface area contributed by atoms with Crippen molar-refractivity contribution in [2.24, 2.45) is 7.05 Å². The molecule has 0 saturated heterocycles. The SMILES string of the molecule is Cn1c(=O)n(CC(C)(S)CS)c(=O)c2sccc21. The predicted octanol–water partition coefficient (Wildman–Crippen LogP) is 1.38. The van der Waals surface area contributed by atoms with E-state index < -0.39 is 4.75 Å². The highest BCUT2D eigenvalue weighted by atomic mass is 32.1. The molecule has 2 aromatic rings. The molecule has 0 radical (unpaired) electrons. The van der Waals surface area contributed by atoms with E-state index in [4.69, 9.17) is 0 Å². The highest BCUT2D eigenvalue weighted by molar-refractivity contribution is 7.85. The van der Waals surface area contributed by atoms with E-state index in [2.05, 4.69) is 25.3 Å². The Morgan fingerprint density at radius 2 is 2.11 bits per heavy atom. The topological polar surface area (TPSA) is 44.0 Å². The maximum absolute atomic E-state index is 12.3. The Hall–Kier alpha value is -0.660. The zero-order valence-corrected chi connectivity index (χ0v) is 12.7. The summed E-state index contributed by atoms with van der Waals surface area (Å²) in [6, 6.07) is 1.78. The van der Waals surface area contributed by atoms with Gasteiger partial charge in [0.15, 0.2) is 0 Å². The number of hydrogen-bond donors (Lipinski definition) is 2. The van der Waals surface area contributed by atoms with Crippen LogP contribution in [0.15, 0.2) is 21.0 Å². The highest BCUT2D eigenvalue weighted by Crippen LogP contribution is 2.18. The minimum Gasteiger partial charge on any atom is -0.295 e. The molecule has 0 spiro atoms. The van der Waals surface area contributed by atoms with E-state index >= 15 is 0 Å².